The third-order valence-corrected chi connectivity index (χ3v) is 4.01. The van der Waals surface area contributed by atoms with Gasteiger partial charge in [-0.15, -0.1) is 0 Å². The molecule has 6 heteroatoms. The predicted molar refractivity (Wildman–Crippen MR) is 85.3 cm³/mol. The number of carboxylic acids is 1. The van der Waals surface area contributed by atoms with E-state index in [1.165, 1.54) is 0 Å². The van der Waals surface area contributed by atoms with Crippen LogP contribution in [0.3, 0.4) is 0 Å². The molecule has 1 unspecified atom stereocenters. The van der Waals surface area contributed by atoms with Crippen molar-refractivity contribution < 1.29 is 14.7 Å². The van der Waals surface area contributed by atoms with Crippen molar-refractivity contribution in [1.82, 2.24) is 5.32 Å². The minimum absolute atomic E-state index is 0.0402. The lowest BCUT2D eigenvalue weighted by Crippen LogP contribution is -2.33. The van der Waals surface area contributed by atoms with Crippen LogP contribution in [0, 0.1) is 3.57 Å². The number of aliphatic carboxylic acids is 1. The van der Waals surface area contributed by atoms with Crippen LogP contribution in [0.5, 0.6) is 0 Å². The lowest BCUT2D eigenvalue weighted by molar-refractivity contribution is -0.137. The zero-order valence-electron chi connectivity index (χ0n) is 10.5. The Hall–Kier alpha value is -0.630. The SMILES string of the molecule is CC(CCCC(=O)O)NC(=O)c1cc(Br)ccc1I. The van der Waals surface area contributed by atoms with E-state index < -0.39 is 5.97 Å². The van der Waals surface area contributed by atoms with E-state index in [2.05, 4.69) is 43.8 Å². The van der Waals surface area contributed by atoms with Crippen LogP contribution in [0.25, 0.3) is 0 Å². The smallest absolute Gasteiger partial charge is 0.303 e. The third kappa shape index (κ3) is 5.90. The molecular weight excluding hydrogens is 425 g/mol. The molecule has 0 aliphatic heterocycles. The molecule has 4 nitrogen and oxygen atoms in total. The number of halogens is 2. The normalized spacial score (nSPS) is 11.9. The summed E-state index contributed by atoms with van der Waals surface area (Å²) in [5, 5.41) is 11.4. The van der Waals surface area contributed by atoms with Gasteiger partial charge in [0.05, 0.1) is 5.56 Å². The Balaban J connectivity index is 2.54. The van der Waals surface area contributed by atoms with Gasteiger partial charge in [0.2, 0.25) is 0 Å². The van der Waals surface area contributed by atoms with Crippen LogP contribution >= 0.6 is 38.5 Å². The maximum atomic E-state index is 12.1. The highest BCUT2D eigenvalue weighted by Gasteiger charge is 2.13. The Morgan fingerprint density at radius 1 is 1.47 bits per heavy atom. The van der Waals surface area contributed by atoms with Gasteiger partial charge in [-0.05, 0) is 60.6 Å². The Morgan fingerprint density at radius 3 is 2.79 bits per heavy atom. The number of rotatable bonds is 6. The molecule has 104 valence electrons. The van der Waals surface area contributed by atoms with Crippen molar-refractivity contribution in [1.29, 1.82) is 0 Å². The molecule has 1 aromatic rings. The van der Waals surface area contributed by atoms with Crippen LogP contribution in [0.2, 0.25) is 0 Å². The fraction of sp³-hybridized carbons (Fsp3) is 0.385. The van der Waals surface area contributed by atoms with Gasteiger partial charge in [0.1, 0.15) is 0 Å². The van der Waals surface area contributed by atoms with Crippen molar-refractivity contribution >= 4 is 50.4 Å². The van der Waals surface area contributed by atoms with E-state index in [0.29, 0.717) is 18.4 Å². The number of carbonyl (C=O) groups excluding carboxylic acids is 1. The van der Waals surface area contributed by atoms with Gasteiger partial charge < -0.3 is 10.4 Å². The average Bonchev–Trinajstić information content (AvgIpc) is 2.31. The summed E-state index contributed by atoms with van der Waals surface area (Å²) in [4.78, 5) is 22.5. The van der Waals surface area contributed by atoms with Crippen molar-refractivity contribution in [3.05, 3.63) is 31.8 Å². The number of nitrogens with one attached hydrogen (secondary N) is 1. The lowest BCUT2D eigenvalue weighted by Gasteiger charge is -2.14. The molecule has 0 aliphatic carbocycles. The van der Waals surface area contributed by atoms with Gasteiger partial charge >= 0.3 is 5.97 Å². The van der Waals surface area contributed by atoms with Crippen LogP contribution in [0.1, 0.15) is 36.5 Å². The number of hydrogen-bond donors (Lipinski definition) is 2. The molecule has 0 fully saturated rings. The van der Waals surface area contributed by atoms with Crippen molar-refractivity contribution in [3.8, 4) is 0 Å². The lowest BCUT2D eigenvalue weighted by atomic mass is 10.1. The van der Waals surface area contributed by atoms with Crippen LogP contribution in [0.15, 0.2) is 22.7 Å². The number of carbonyl (C=O) groups is 2. The Kier molecular flexibility index (Phi) is 6.78. The molecule has 0 saturated heterocycles. The van der Waals surface area contributed by atoms with Gasteiger partial charge in [-0.3, -0.25) is 9.59 Å². The summed E-state index contributed by atoms with van der Waals surface area (Å²) in [5.74, 6) is -0.936. The van der Waals surface area contributed by atoms with Crippen molar-refractivity contribution in [2.75, 3.05) is 0 Å². The van der Waals surface area contributed by atoms with Gasteiger partial charge in [0.15, 0.2) is 0 Å². The fourth-order valence-electron chi connectivity index (χ4n) is 1.60. The maximum absolute atomic E-state index is 12.1. The summed E-state index contributed by atoms with van der Waals surface area (Å²) in [5.41, 5.74) is 0.625. The monoisotopic (exact) mass is 439 g/mol. The van der Waals surface area contributed by atoms with Crippen LogP contribution in [-0.2, 0) is 4.79 Å². The molecule has 0 saturated carbocycles. The van der Waals surface area contributed by atoms with E-state index in [9.17, 15) is 9.59 Å². The highest BCUT2D eigenvalue weighted by molar-refractivity contribution is 14.1. The summed E-state index contributed by atoms with van der Waals surface area (Å²) in [6.07, 6.45) is 1.35. The van der Waals surface area contributed by atoms with Crippen molar-refractivity contribution in [2.45, 2.75) is 32.2 Å². The van der Waals surface area contributed by atoms with Gasteiger partial charge in [-0.1, -0.05) is 15.9 Å². The quantitative estimate of drug-likeness (QED) is 0.667. The topological polar surface area (TPSA) is 66.4 Å². The second-order valence-corrected chi connectivity index (χ2v) is 6.36. The first-order valence-electron chi connectivity index (χ1n) is 5.88. The minimum atomic E-state index is -0.805. The average molecular weight is 440 g/mol. The van der Waals surface area contributed by atoms with Gasteiger partial charge in [0.25, 0.3) is 5.91 Å². The minimum Gasteiger partial charge on any atom is -0.481 e. The highest BCUT2D eigenvalue weighted by atomic mass is 127. The predicted octanol–water partition coefficient (Wildman–Crippen LogP) is 3.43. The Morgan fingerprint density at radius 2 is 2.16 bits per heavy atom. The first-order chi connectivity index (χ1) is 8.90. The van der Waals surface area contributed by atoms with E-state index in [1.807, 2.05) is 19.1 Å². The molecule has 1 aromatic carbocycles. The number of hydrogen-bond acceptors (Lipinski definition) is 2. The van der Waals surface area contributed by atoms with Gasteiger partial charge in [-0.25, -0.2) is 0 Å². The maximum Gasteiger partial charge on any atom is 0.303 e. The molecule has 0 aliphatic rings. The van der Waals surface area contributed by atoms with E-state index in [1.54, 1.807) is 6.07 Å². The first kappa shape index (κ1) is 16.4. The molecule has 1 rings (SSSR count). The molecule has 0 bridgehead atoms. The van der Waals surface area contributed by atoms with Crippen LogP contribution in [0.4, 0.5) is 0 Å². The molecule has 0 spiro atoms. The van der Waals surface area contributed by atoms with E-state index in [4.69, 9.17) is 5.11 Å². The second-order valence-electron chi connectivity index (χ2n) is 4.28. The van der Waals surface area contributed by atoms with Gasteiger partial charge in [0, 0.05) is 20.5 Å². The molecule has 1 atom stereocenters. The molecule has 0 aromatic heterocycles. The molecule has 0 radical (unpaired) electrons. The first-order valence-corrected chi connectivity index (χ1v) is 7.75. The number of amides is 1. The summed E-state index contributed by atoms with van der Waals surface area (Å²) in [6.45, 7) is 1.88. The standard InChI is InChI=1S/C13H15BrINO3/c1-8(3-2-4-12(17)18)16-13(19)10-7-9(14)5-6-11(10)15/h5-8H,2-4H2,1H3,(H,16,19)(H,17,18). The third-order valence-electron chi connectivity index (χ3n) is 2.58. The Bertz CT molecular complexity index is 479. The van der Waals surface area contributed by atoms with E-state index in [0.717, 1.165) is 8.04 Å². The van der Waals surface area contributed by atoms with Crippen molar-refractivity contribution in [2.24, 2.45) is 0 Å². The summed E-state index contributed by atoms with van der Waals surface area (Å²) >= 11 is 5.46. The second kappa shape index (κ2) is 7.84. The van der Waals surface area contributed by atoms with Gasteiger partial charge in [-0.2, -0.15) is 0 Å². The summed E-state index contributed by atoms with van der Waals surface area (Å²) in [6, 6.07) is 5.49. The molecule has 2 N–H and O–H groups in total. The van der Waals surface area contributed by atoms with Crippen LogP contribution < -0.4 is 5.32 Å². The zero-order valence-corrected chi connectivity index (χ0v) is 14.2. The molecule has 1 amide bonds. The zero-order chi connectivity index (χ0) is 14.4. The van der Waals surface area contributed by atoms with E-state index >= 15 is 0 Å². The summed E-state index contributed by atoms with van der Waals surface area (Å²) < 4.78 is 1.74. The number of benzene rings is 1. The van der Waals surface area contributed by atoms with Crippen molar-refractivity contribution in [3.63, 3.8) is 0 Å². The molecule has 0 heterocycles. The molecular formula is C13H15BrINO3. The highest BCUT2D eigenvalue weighted by Crippen LogP contribution is 2.18. The number of carboxylic acid groups (broad SMARTS) is 1. The van der Waals surface area contributed by atoms with E-state index in [-0.39, 0.29) is 18.4 Å². The Labute approximate surface area is 134 Å². The summed E-state index contributed by atoms with van der Waals surface area (Å²) in [7, 11) is 0. The largest absolute Gasteiger partial charge is 0.481 e. The molecule has 19 heavy (non-hydrogen) atoms. The fourth-order valence-corrected chi connectivity index (χ4v) is 2.55. The van der Waals surface area contributed by atoms with Crippen LogP contribution in [-0.4, -0.2) is 23.0 Å².